The predicted molar refractivity (Wildman–Crippen MR) is 125 cm³/mol. The van der Waals surface area contributed by atoms with Crippen molar-refractivity contribution in [2.24, 2.45) is 7.05 Å². The molecule has 2 rings (SSSR count). The second kappa shape index (κ2) is 12.2. The molecule has 1 aromatic heterocycles. The average Bonchev–Trinajstić information content (AvgIpc) is 2.78. The van der Waals surface area contributed by atoms with Crippen LogP contribution in [0, 0.1) is 0 Å². The first-order valence-electron chi connectivity index (χ1n) is 11.5. The number of rotatable bonds is 14. The second-order valence-electron chi connectivity index (χ2n) is 8.40. The maximum absolute atomic E-state index is 12.7. The molecule has 0 saturated heterocycles. The van der Waals surface area contributed by atoms with Gasteiger partial charge in [-0.05, 0) is 37.5 Å². The number of carboxylic acid groups (broad SMARTS) is 1. The van der Waals surface area contributed by atoms with Crippen molar-refractivity contribution in [3.63, 3.8) is 0 Å². The van der Waals surface area contributed by atoms with Crippen molar-refractivity contribution in [3.05, 3.63) is 50.7 Å². The summed E-state index contributed by atoms with van der Waals surface area (Å²) >= 11 is 0. The molecule has 1 unspecified atom stereocenters. The Labute approximate surface area is 194 Å². The number of carboxylic acids is 1. The van der Waals surface area contributed by atoms with Gasteiger partial charge in [0.05, 0.1) is 0 Å². The van der Waals surface area contributed by atoms with E-state index in [1.165, 1.54) is 11.6 Å². The highest BCUT2D eigenvalue weighted by Gasteiger charge is 2.34. The summed E-state index contributed by atoms with van der Waals surface area (Å²) in [7, 11) is 1.49. The molecule has 1 heterocycles. The van der Waals surface area contributed by atoms with Crippen molar-refractivity contribution < 1.29 is 19.4 Å². The Balaban J connectivity index is 2.06. The Hall–Kier alpha value is -3.10. The molecular formula is C24H35N3O6. The number of benzene rings is 1. The van der Waals surface area contributed by atoms with E-state index < -0.39 is 22.8 Å². The summed E-state index contributed by atoms with van der Waals surface area (Å²) in [6.45, 7) is 5.99. The molecule has 1 N–H and O–H groups in total. The van der Waals surface area contributed by atoms with Gasteiger partial charge in [-0.1, -0.05) is 58.1 Å². The lowest BCUT2D eigenvalue weighted by atomic mass is 10.0. The third-order valence-electron chi connectivity index (χ3n) is 5.48. The van der Waals surface area contributed by atoms with Gasteiger partial charge in [-0.25, -0.2) is 14.3 Å². The van der Waals surface area contributed by atoms with Gasteiger partial charge in [-0.2, -0.15) is 0 Å². The minimum Gasteiger partial charge on any atom is -0.478 e. The average molecular weight is 462 g/mol. The molecule has 0 saturated carbocycles. The fourth-order valence-electron chi connectivity index (χ4n) is 3.50. The first kappa shape index (κ1) is 26.2. The Kier molecular flexibility index (Phi) is 9.69. The third-order valence-corrected chi connectivity index (χ3v) is 5.48. The van der Waals surface area contributed by atoms with Crippen LogP contribution < -0.4 is 20.7 Å². The highest BCUT2D eigenvalue weighted by Crippen LogP contribution is 2.23. The fraction of sp³-hybridized carbons (Fsp3) is 0.583. The van der Waals surface area contributed by atoms with Gasteiger partial charge in [0.2, 0.25) is 5.60 Å². The van der Waals surface area contributed by atoms with Gasteiger partial charge in [0, 0.05) is 13.6 Å². The van der Waals surface area contributed by atoms with E-state index in [4.69, 9.17) is 9.47 Å². The third kappa shape index (κ3) is 7.20. The number of aliphatic carboxylic acids is 1. The molecule has 2 aromatic rings. The van der Waals surface area contributed by atoms with Gasteiger partial charge in [0.1, 0.15) is 12.4 Å². The Bertz CT molecular complexity index is 1030. The number of nitrogens with zero attached hydrogens (tertiary/aromatic N) is 3. The van der Waals surface area contributed by atoms with Gasteiger partial charge < -0.3 is 14.6 Å². The van der Waals surface area contributed by atoms with E-state index in [2.05, 4.69) is 12.0 Å². The van der Waals surface area contributed by atoms with Crippen molar-refractivity contribution in [1.29, 1.82) is 0 Å². The molecule has 9 heteroatoms. The summed E-state index contributed by atoms with van der Waals surface area (Å²) in [6.07, 6.45) is 6.09. The maximum Gasteiger partial charge on any atom is 0.347 e. The first-order valence-corrected chi connectivity index (χ1v) is 11.5. The van der Waals surface area contributed by atoms with Gasteiger partial charge >= 0.3 is 17.2 Å². The van der Waals surface area contributed by atoms with Crippen molar-refractivity contribution in [2.45, 2.75) is 84.5 Å². The molecule has 33 heavy (non-hydrogen) atoms. The van der Waals surface area contributed by atoms with Crippen molar-refractivity contribution >= 4 is 5.97 Å². The highest BCUT2D eigenvalue weighted by atomic mass is 16.5. The van der Waals surface area contributed by atoms with Gasteiger partial charge in [0.15, 0.2) is 0 Å². The fourth-order valence-corrected chi connectivity index (χ4v) is 3.50. The lowest BCUT2D eigenvalue weighted by Crippen LogP contribution is -2.41. The van der Waals surface area contributed by atoms with Crippen LogP contribution in [0.3, 0.4) is 0 Å². The van der Waals surface area contributed by atoms with Crippen LogP contribution in [0.4, 0.5) is 0 Å². The van der Waals surface area contributed by atoms with Crippen LogP contribution in [0.2, 0.25) is 0 Å². The molecule has 0 spiro atoms. The quantitative estimate of drug-likeness (QED) is 0.428. The molecule has 0 amide bonds. The van der Waals surface area contributed by atoms with Crippen LogP contribution in [-0.2, 0) is 25.0 Å². The number of carbonyl (C=O) groups is 1. The monoisotopic (exact) mass is 461 g/mol. The standard InChI is InChI=1S/C24H35N3O6/c1-5-7-8-9-10-16-27-21(28)20(25-26(4)23(27)31)32-17-18-11-13-19(14-12-18)33-24(3,15-6-2)22(29)30/h11-14H,5-10,15-17H2,1-4H3,(H,29,30). The maximum atomic E-state index is 12.7. The molecule has 0 radical (unpaired) electrons. The summed E-state index contributed by atoms with van der Waals surface area (Å²) in [6, 6.07) is 6.80. The van der Waals surface area contributed by atoms with E-state index in [1.54, 1.807) is 31.2 Å². The number of hydrogen-bond acceptors (Lipinski definition) is 6. The smallest absolute Gasteiger partial charge is 0.347 e. The van der Waals surface area contributed by atoms with Gasteiger partial charge in [0.25, 0.3) is 5.88 Å². The first-order chi connectivity index (χ1) is 15.7. The van der Waals surface area contributed by atoms with E-state index in [0.29, 0.717) is 25.1 Å². The summed E-state index contributed by atoms with van der Waals surface area (Å²) in [5.41, 5.74) is -1.55. The molecule has 0 aliphatic heterocycles. The number of hydrogen-bond donors (Lipinski definition) is 1. The van der Waals surface area contributed by atoms with Crippen molar-refractivity contribution in [1.82, 2.24) is 14.3 Å². The largest absolute Gasteiger partial charge is 0.478 e. The van der Waals surface area contributed by atoms with E-state index in [1.807, 2.05) is 6.92 Å². The predicted octanol–water partition coefficient (Wildman–Crippen LogP) is 3.51. The lowest BCUT2D eigenvalue weighted by Gasteiger charge is -2.26. The minimum absolute atomic E-state index is 0.0718. The Morgan fingerprint density at radius 1 is 1.06 bits per heavy atom. The molecule has 182 valence electrons. The SMILES string of the molecule is CCCCCCCn1c(=O)c(OCc2ccc(OC(C)(CCC)C(=O)O)cc2)nn(C)c1=O. The number of aryl methyl sites for hydroxylation is 1. The van der Waals surface area contributed by atoms with Crippen LogP contribution in [0.5, 0.6) is 11.6 Å². The van der Waals surface area contributed by atoms with Crippen molar-refractivity contribution in [3.8, 4) is 11.6 Å². The molecule has 0 fully saturated rings. The van der Waals surface area contributed by atoms with Crippen LogP contribution in [0.15, 0.2) is 33.9 Å². The normalized spacial score (nSPS) is 12.8. The van der Waals surface area contributed by atoms with Crippen molar-refractivity contribution in [2.75, 3.05) is 0 Å². The zero-order valence-corrected chi connectivity index (χ0v) is 20.0. The van der Waals surface area contributed by atoms with E-state index in [0.717, 1.165) is 42.3 Å². The van der Waals surface area contributed by atoms with E-state index in [-0.39, 0.29) is 12.5 Å². The highest BCUT2D eigenvalue weighted by molar-refractivity contribution is 5.77. The summed E-state index contributed by atoms with van der Waals surface area (Å²) < 4.78 is 13.6. The van der Waals surface area contributed by atoms with Gasteiger partial charge in [-0.3, -0.25) is 9.36 Å². The number of aromatic nitrogens is 3. The number of unbranched alkanes of at least 4 members (excludes halogenated alkanes) is 4. The summed E-state index contributed by atoms with van der Waals surface area (Å²) in [5.74, 6) is -0.714. The zero-order valence-electron chi connectivity index (χ0n) is 20.0. The van der Waals surface area contributed by atoms with Crippen LogP contribution in [-0.4, -0.2) is 31.0 Å². The molecule has 1 atom stereocenters. The van der Waals surface area contributed by atoms with Crippen LogP contribution in [0.1, 0.15) is 71.3 Å². The topological polar surface area (TPSA) is 113 Å². The lowest BCUT2D eigenvalue weighted by molar-refractivity contribution is -0.154. The van der Waals surface area contributed by atoms with Crippen LogP contribution in [0.25, 0.3) is 0 Å². The molecule has 1 aromatic carbocycles. The second-order valence-corrected chi connectivity index (χ2v) is 8.40. The van der Waals surface area contributed by atoms with E-state index >= 15 is 0 Å². The summed E-state index contributed by atoms with van der Waals surface area (Å²) in [4.78, 5) is 36.6. The minimum atomic E-state index is -1.30. The van der Waals surface area contributed by atoms with E-state index in [9.17, 15) is 19.5 Å². The Morgan fingerprint density at radius 3 is 2.33 bits per heavy atom. The number of ether oxygens (including phenoxy) is 2. The molecule has 0 bridgehead atoms. The molecule has 0 aliphatic rings. The Morgan fingerprint density at radius 2 is 1.73 bits per heavy atom. The van der Waals surface area contributed by atoms with Crippen LogP contribution >= 0.6 is 0 Å². The summed E-state index contributed by atoms with van der Waals surface area (Å²) in [5, 5.41) is 13.4. The molecular weight excluding hydrogens is 426 g/mol. The molecule has 9 nitrogen and oxygen atoms in total. The van der Waals surface area contributed by atoms with Gasteiger partial charge in [-0.15, -0.1) is 5.10 Å². The molecule has 0 aliphatic carbocycles. The zero-order chi connectivity index (χ0) is 24.4.